The van der Waals surface area contributed by atoms with Crippen molar-refractivity contribution >= 4 is 17.7 Å². The standard InChI is InChI=1S/C15H22O4S/c1-5-20-12-8-6-7-11(13(12)14(16)17)19-10-9-15(2,3)18-4/h6-8H,5,9-10H2,1-4H3,(H,16,17). The molecule has 0 bridgehead atoms. The first-order valence-electron chi connectivity index (χ1n) is 6.58. The lowest BCUT2D eigenvalue weighted by atomic mass is 10.1. The van der Waals surface area contributed by atoms with Gasteiger partial charge in [0.25, 0.3) is 0 Å². The van der Waals surface area contributed by atoms with E-state index in [9.17, 15) is 9.90 Å². The summed E-state index contributed by atoms with van der Waals surface area (Å²) in [5, 5.41) is 9.36. The molecule has 0 radical (unpaired) electrons. The molecule has 0 fully saturated rings. The maximum atomic E-state index is 11.4. The Balaban J connectivity index is 2.84. The van der Waals surface area contributed by atoms with Crippen LogP contribution in [0.4, 0.5) is 0 Å². The van der Waals surface area contributed by atoms with Crippen molar-refractivity contribution in [2.75, 3.05) is 19.5 Å². The van der Waals surface area contributed by atoms with Gasteiger partial charge in [0.1, 0.15) is 11.3 Å². The topological polar surface area (TPSA) is 55.8 Å². The molecule has 0 amide bonds. The lowest BCUT2D eigenvalue weighted by molar-refractivity contribution is 0.00535. The number of carboxylic acids is 1. The number of benzene rings is 1. The van der Waals surface area contributed by atoms with Gasteiger partial charge in [-0.2, -0.15) is 0 Å². The van der Waals surface area contributed by atoms with E-state index in [-0.39, 0.29) is 11.2 Å². The molecule has 5 heteroatoms. The van der Waals surface area contributed by atoms with Crippen LogP contribution in [0.1, 0.15) is 37.6 Å². The van der Waals surface area contributed by atoms with Gasteiger partial charge >= 0.3 is 5.97 Å². The normalized spacial score (nSPS) is 11.4. The molecule has 20 heavy (non-hydrogen) atoms. The second-order valence-corrected chi connectivity index (χ2v) is 6.24. The molecule has 0 saturated carbocycles. The minimum absolute atomic E-state index is 0.245. The summed E-state index contributed by atoms with van der Waals surface area (Å²) in [6.45, 7) is 6.35. The zero-order valence-electron chi connectivity index (χ0n) is 12.4. The van der Waals surface area contributed by atoms with E-state index in [0.717, 1.165) is 10.6 Å². The van der Waals surface area contributed by atoms with E-state index in [4.69, 9.17) is 9.47 Å². The summed E-state index contributed by atoms with van der Waals surface area (Å²) < 4.78 is 11.0. The molecule has 0 aliphatic carbocycles. The van der Waals surface area contributed by atoms with Crippen molar-refractivity contribution in [3.8, 4) is 5.75 Å². The highest BCUT2D eigenvalue weighted by atomic mass is 32.2. The second kappa shape index (κ2) is 7.55. The number of carbonyl (C=O) groups is 1. The molecule has 0 saturated heterocycles. The van der Waals surface area contributed by atoms with Gasteiger partial charge in [-0.1, -0.05) is 13.0 Å². The van der Waals surface area contributed by atoms with Crippen molar-refractivity contribution in [2.24, 2.45) is 0 Å². The summed E-state index contributed by atoms with van der Waals surface area (Å²) in [5.41, 5.74) is -0.0336. The number of aromatic carboxylic acids is 1. The van der Waals surface area contributed by atoms with Crippen LogP contribution in [0.5, 0.6) is 5.75 Å². The van der Waals surface area contributed by atoms with Gasteiger partial charge in [-0.05, 0) is 31.7 Å². The first kappa shape index (κ1) is 16.9. The summed E-state index contributed by atoms with van der Waals surface area (Å²) in [7, 11) is 1.65. The van der Waals surface area contributed by atoms with Crippen molar-refractivity contribution in [1.29, 1.82) is 0 Å². The van der Waals surface area contributed by atoms with Gasteiger partial charge in [0.2, 0.25) is 0 Å². The van der Waals surface area contributed by atoms with Crippen molar-refractivity contribution in [3.63, 3.8) is 0 Å². The molecule has 0 spiro atoms. The van der Waals surface area contributed by atoms with Crippen LogP contribution in [-0.4, -0.2) is 36.1 Å². The number of hydrogen-bond donors (Lipinski definition) is 1. The predicted molar refractivity (Wildman–Crippen MR) is 81.0 cm³/mol. The average molecular weight is 298 g/mol. The SMILES string of the molecule is CCSc1cccc(OCCC(C)(C)OC)c1C(=O)O. The van der Waals surface area contributed by atoms with Gasteiger partial charge in [-0.15, -0.1) is 11.8 Å². The highest BCUT2D eigenvalue weighted by Crippen LogP contribution is 2.30. The molecule has 0 aliphatic heterocycles. The molecule has 112 valence electrons. The second-order valence-electron chi connectivity index (χ2n) is 4.93. The monoisotopic (exact) mass is 298 g/mol. The molecule has 1 N–H and O–H groups in total. The van der Waals surface area contributed by atoms with Gasteiger partial charge in [0.15, 0.2) is 0 Å². The van der Waals surface area contributed by atoms with E-state index in [1.807, 2.05) is 32.9 Å². The lowest BCUT2D eigenvalue weighted by Crippen LogP contribution is -2.25. The van der Waals surface area contributed by atoms with Crippen molar-refractivity contribution < 1.29 is 19.4 Å². The molecule has 1 aromatic carbocycles. The van der Waals surface area contributed by atoms with Crippen LogP contribution in [0.2, 0.25) is 0 Å². The summed E-state index contributed by atoms with van der Waals surface area (Å²) >= 11 is 1.50. The fraction of sp³-hybridized carbons (Fsp3) is 0.533. The fourth-order valence-electron chi connectivity index (χ4n) is 1.63. The quantitative estimate of drug-likeness (QED) is 0.742. The lowest BCUT2D eigenvalue weighted by Gasteiger charge is -2.23. The van der Waals surface area contributed by atoms with Crippen LogP contribution >= 0.6 is 11.8 Å². The first-order valence-corrected chi connectivity index (χ1v) is 7.57. The summed E-state index contributed by atoms with van der Waals surface area (Å²) in [4.78, 5) is 12.2. The molecule has 0 atom stereocenters. The average Bonchev–Trinajstić information content (AvgIpc) is 2.39. The van der Waals surface area contributed by atoms with E-state index in [1.54, 1.807) is 13.2 Å². The molecule has 1 aromatic rings. The third-order valence-electron chi connectivity index (χ3n) is 3.02. The molecule has 1 rings (SSSR count). The fourth-order valence-corrected chi connectivity index (χ4v) is 2.44. The van der Waals surface area contributed by atoms with E-state index < -0.39 is 5.97 Å². The van der Waals surface area contributed by atoms with Crippen molar-refractivity contribution in [1.82, 2.24) is 0 Å². The van der Waals surface area contributed by atoms with E-state index in [1.165, 1.54) is 11.8 Å². The van der Waals surface area contributed by atoms with Crippen LogP contribution in [-0.2, 0) is 4.74 Å². The van der Waals surface area contributed by atoms with Crippen molar-refractivity contribution in [3.05, 3.63) is 23.8 Å². The summed E-state index contributed by atoms with van der Waals surface area (Å²) in [5.74, 6) is 0.283. The smallest absolute Gasteiger partial charge is 0.340 e. The third kappa shape index (κ3) is 4.72. The maximum Gasteiger partial charge on any atom is 0.340 e. The highest BCUT2D eigenvalue weighted by molar-refractivity contribution is 7.99. The Morgan fingerprint density at radius 2 is 2.10 bits per heavy atom. The van der Waals surface area contributed by atoms with Gasteiger partial charge in [-0.25, -0.2) is 4.79 Å². The van der Waals surface area contributed by atoms with Gasteiger partial charge in [-0.3, -0.25) is 0 Å². The Morgan fingerprint density at radius 1 is 1.40 bits per heavy atom. The van der Waals surface area contributed by atoms with Gasteiger partial charge in [0, 0.05) is 18.4 Å². The Hall–Kier alpha value is -1.20. The maximum absolute atomic E-state index is 11.4. The summed E-state index contributed by atoms with van der Waals surface area (Å²) in [6, 6.07) is 5.33. The summed E-state index contributed by atoms with van der Waals surface area (Å²) in [6.07, 6.45) is 0.688. The minimum atomic E-state index is -0.956. The van der Waals surface area contributed by atoms with Crippen LogP contribution in [0.15, 0.2) is 23.1 Å². The van der Waals surface area contributed by atoms with Crippen LogP contribution in [0.3, 0.4) is 0 Å². The van der Waals surface area contributed by atoms with Gasteiger partial charge < -0.3 is 14.6 Å². The number of ether oxygens (including phenoxy) is 2. The molecule has 0 unspecified atom stereocenters. The van der Waals surface area contributed by atoms with E-state index >= 15 is 0 Å². The zero-order valence-corrected chi connectivity index (χ0v) is 13.3. The molecular formula is C15H22O4S. The molecule has 0 heterocycles. The first-order chi connectivity index (χ1) is 9.41. The van der Waals surface area contributed by atoms with Crippen LogP contribution < -0.4 is 4.74 Å². The predicted octanol–water partition coefficient (Wildman–Crippen LogP) is 3.69. The number of rotatable bonds is 8. The van der Waals surface area contributed by atoms with Crippen molar-refractivity contribution in [2.45, 2.75) is 37.7 Å². The Morgan fingerprint density at radius 3 is 2.65 bits per heavy atom. The van der Waals surface area contributed by atoms with E-state index in [2.05, 4.69) is 0 Å². The number of thioether (sulfide) groups is 1. The Bertz CT molecular complexity index is 457. The minimum Gasteiger partial charge on any atom is -0.493 e. The molecule has 0 aromatic heterocycles. The number of carboxylic acid groups (broad SMARTS) is 1. The van der Waals surface area contributed by atoms with E-state index in [0.29, 0.717) is 18.8 Å². The van der Waals surface area contributed by atoms with Crippen LogP contribution in [0, 0.1) is 0 Å². The number of hydrogen-bond acceptors (Lipinski definition) is 4. The third-order valence-corrected chi connectivity index (χ3v) is 3.96. The van der Waals surface area contributed by atoms with Crippen LogP contribution in [0.25, 0.3) is 0 Å². The Kier molecular flexibility index (Phi) is 6.36. The highest BCUT2D eigenvalue weighted by Gasteiger charge is 2.19. The zero-order chi connectivity index (χ0) is 15.2. The number of methoxy groups -OCH3 is 1. The van der Waals surface area contributed by atoms with Gasteiger partial charge in [0.05, 0.1) is 12.2 Å². The molecule has 4 nitrogen and oxygen atoms in total. The molecule has 0 aliphatic rings. The Labute approximate surface area is 124 Å². The molecular weight excluding hydrogens is 276 g/mol. The largest absolute Gasteiger partial charge is 0.493 e.